The highest BCUT2D eigenvalue weighted by atomic mass is 16.7. The molecule has 1 rings (SSSR count). The summed E-state index contributed by atoms with van der Waals surface area (Å²) in [5, 5.41) is 52.1. The summed E-state index contributed by atoms with van der Waals surface area (Å²) in [4.78, 5) is 10.3. The third-order valence-electron chi connectivity index (χ3n) is 3.19. The summed E-state index contributed by atoms with van der Waals surface area (Å²) in [5.41, 5.74) is 0. The smallest absolute Gasteiger partial charge is 0.304 e. The Hall–Kier alpha value is -0.850. The lowest BCUT2D eigenvalue weighted by Gasteiger charge is -2.39. The Bertz CT molecular complexity index is 330. The fourth-order valence-corrected chi connectivity index (χ4v) is 1.92. The molecule has 0 bridgehead atoms. The van der Waals surface area contributed by atoms with Crippen molar-refractivity contribution in [3.05, 3.63) is 0 Å². The SMILES string of the molecule is O=C(O)CCNCCNCOC1O[C@H](CO)[C@@H](O)[C@H](O)[C@@H]1O. The maximum absolute atomic E-state index is 10.3. The largest absolute Gasteiger partial charge is 0.481 e. The third kappa shape index (κ3) is 6.10. The Balaban J connectivity index is 2.14. The summed E-state index contributed by atoms with van der Waals surface area (Å²) in [6, 6.07) is 0. The molecule has 0 spiro atoms. The van der Waals surface area contributed by atoms with Crippen molar-refractivity contribution in [1.29, 1.82) is 0 Å². The van der Waals surface area contributed by atoms with Gasteiger partial charge < -0.3 is 40.3 Å². The van der Waals surface area contributed by atoms with Gasteiger partial charge in [-0.15, -0.1) is 0 Å². The Morgan fingerprint density at radius 2 is 1.73 bits per heavy atom. The van der Waals surface area contributed by atoms with Crippen LogP contribution in [0.15, 0.2) is 0 Å². The molecule has 1 aliphatic heterocycles. The Morgan fingerprint density at radius 1 is 1.05 bits per heavy atom. The van der Waals surface area contributed by atoms with E-state index in [1.807, 2.05) is 0 Å². The molecule has 0 aromatic heterocycles. The Morgan fingerprint density at radius 3 is 2.36 bits per heavy atom. The monoisotopic (exact) mass is 324 g/mol. The summed E-state index contributed by atoms with van der Waals surface area (Å²) in [5.74, 6) is -0.869. The van der Waals surface area contributed by atoms with Gasteiger partial charge in [0.25, 0.3) is 0 Å². The zero-order valence-electron chi connectivity index (χ0n) is 12.1. The standard InChI is InChI=1S/C12H24N2O8/c15-5-7-9(18)10(19)11(20)12(22-7)21-6-14-4-3-13-2-1-8(16)17/h7,9-15,18-20H,1-6H2,(H,16,17)/t7-,9-,10+,11+,12?/m1/s1. The average Bonchev–Trinajstić information content (AvgIpc) is 2.49. The molecule has 1 aliphatic rings. The van der Waals surface area contributed by atoms with E-state index >= 15 is 0 Å². The summed E-state index contributed by atoms with van der Waals surface area (Å²) < 4.78 is 10.4. The van der Waals surface area contributed by atoms with E-state index < -0.39 is 43.3 Å². The van der Waals surface area contributed by atoms with Gasteiger partial charge >= 0.3 is 5.97 Å². The number of hydrogen-bond acceptors (Lipinski definition) is 9. The number of carboxylic acid groups (broad SMARTS) is 1. The van der Waals surface area contributed by atoms with Crippen LogP contribution in [0.5, 0.6) is 0 Å². The predicted molar refractivity (Wildman–Crippen MR) is 72.8 cm³/mol. The van der Waals surface area contributed by atoms with E-state index in [1.165, 1.54) is 0 Å². The number of rotatable bonds is 10. The molecular formula is C12H24N2O8. The lowest BCUT2D eigenvalue weighted by atomic mass is 9.99. The number of aliphatic hydroxyl groups excluding tert-OH is 4. The highest BCUT2D eigenvalue weighted by molar-refractivity contribution is 5.66. The second-order valence-electron chi connectivity index (χ2n) is 4.90. The molecule has 22 heavy (non-hydrogen) atoms. The van der Waals surface area contributed by atoms with Crippen LogP contribution in [0.4, 0.5) is 0 Å². The van der Waals surface area contributed by atoms with E-state index in [1.54, 1.807) is 0 Å². The van der Waals surface area contributed by atoms with E-state index in [4.69, 9.17) is 19.7 Å². The van der Waals surface area contributed by atoms with Gasteiger partial charge in [-0.3, -0.25) is 10.1 Å². The minimum Gasteiger partial charge on any atom is -0.481 e. The van der Waals surface area contributed by atoms with Crippen molar-refractivity contribution < 1.29 is 39.8 Å². The second kappa shape index (κ2) is 10.0. The second-order valence-corrected chi connectivity index (χ2v) is 4.90. The summed E-state index contributed by atoms with van der Waals surface area (Å²) in [6.07, 6.45) is -6.42. The number of hydrogen-bond donors (Lipinski definition) is 7. The quantitative estimate of drug-likeness (QED) is 0.158. The first-order chi connectivity index (χ1) is 10.5. The fraction of sp³-hybridized carbons (Fsp3) is 0.917. The van der Waals surface area contributed by atoms with Crippen LogP contribution < -0.4 is 10.6 Å². The zero-order chi connectivity index (χ0) is 16.5. The molecule has 7 N–H and O–H groups in total. The van der Waals surface area contributed by atoms with Gasteiger partial charge in [0.15, 0.2) is 6.29 Å². The van der Waals surface area contributed by atoms with Gasteiger partial charge in [0.2, 0.25) is 0 Å². The van der Waals surface area contributed by atoms with Gasteiger partial charge in [0.05, 0.1) is 19.8 Å². The van der Waals surface area contributed by atoms with Crippen LogP contribution in [0.2, 0.25) is 0 Å². The zero-order valence-corrected chi connectivity index (χ0v) is 12.1. The first-order valence-corrected chi connectivity index (χ1v) is 7.02. The van der Waals surface area contributed by atoms with Gasteiger partial charge in [-0.25, -0.2) is 0 Å². The van der Waals surface area contributed by atoms with Crippen molar-refractivity contribution in [2.45, 2.75) is 37.1 Å². The highest BCUT2D eigenvalue weighted by Gasteiger charge is 2.43. The maximum Gasteiger partial charge on any atom is 0.304 e. The molecule has 130 valence electrons. The van der Waals surface area contributed by atoms with Crippen LogP contribution in [-0.4, -0.2) is 95.2 Å². The number of ether oxygens (including phenoxy) is 2. The third-order valence-corrected chi connectivity index (χ3v) is 3.19. The lowest BCUT2D eigenvalue weighted by Crippen LogP contribution is -2.59. The van der Waals surface area contributed by atoms with E-state index in [9.17, 15) is 20.1 Å². The molecule has 0 amide bonds. The molecule has 1 fully saturated rings. The molecule has 0 aromatic carbocycles. The lowest BCUT2D eigenvalue weighted by molar-refractivity contribution is -0.302. The van der Waals surface area contributed by atoms with E-state index in [2.05, 4.69) is 10.6 Å². The fourth-order valence-electron chi connectivity index (χ4n) is 1.92. The first-order valence-electron chi connectivity index (χ1n) is 7.02. The molecule has 1 unspecified atom stereocenters. The van der Waals surface area contributed by atoms with Gasteiger partial charge in [0, 0.05) is 19.6 Å². The molecule has 10 nitrogen and oxygen atoms in total. The molecule has 10 heteroatoms. The minimum absolute atomic E-state index is 0.0172. The van der Waals surface area contributed by atoms with E-state index in [0.717, 1.165) is 0 Å². The van der Waals surface area contributed by atoms with Gasteiger partial charge in [-0.2, -0.15) is 0 Å². The maximum atomic E-state index is 10.3. The molecule has 0 aliphatic carbocycles. The van der Waals surface area contributed by atoms with Crippen LogP contribution in [0.1, 0.15) is 6.42 Å². The molecule has 0 aromatic rings. The molecule has 5 atom stereocenters. The molecule has 0 radical (unpaired) electrons. The molecule has 1 saturated heterocycles. The van der Waals surface area contributed by atoms with Crippen molar-refractivity contribution in [3.8, 4) is 0 Å². The Kier molecular flexibility index (Phi) is 8.75. The van der Waals surface area contributed by atoms with Crippen molar-refractivity contribution in [2.24, 2.45) is 0 Å². The van der Waals surface area contributed by atoms with Gasteiger partial charge in [0.1, 0.15) is 24.4 Å². The predicted octanol–water partition coefficient (Wildman–Crippen LogP) is -3.59. The topological polar surface area (TPSA) is 161 Å². The van der Waals surface area contributed by atoms with Crippen molar-refractivity contribution in [1.82, 2.24) is 10.6 Å². The van der Waals surface area contributed by atoms with Crippen LogP contribution in [-0.2, 0) is 14.3 Å². The number of aliphatic carboxylic acids is 1. The minimum atomic E-state index is -1.46. The van der Waals surface area contributed by atoms with Crippen LogP contribution in [0, 0.1) is 0 Å². The van der Waals surface area contributed by atoms with Crippen LogP contribution >= 0.6 is 0 Å². The van der Waals surface area contributed by atoms with Crippen molar-refractivity contribution in [3.63, 3.8) is 0 Å². The van der Waals surface area contributed by atoms with E-state index in [0.29, 0.717) is 19.6 Å². The van der Waals surface area contributed by atoms with Crippen LogP contribution in [0.25, 0.3) is 0 Å². The summed E-state index contributed by atoms with van der Waals surface area (Å²) in [6.45, 7) is 0.905. The van der Waals surface area contributed by atoms with Gasteiger partial charge in [-0.1, -0.05) is 0 Å². The molecule has 1 heterocycles. The normalized spacial score (nSPS) is 32.1. The number of carbonyl (C=O) groups is 1. The highest BCUT2D eigenvalue weighted by Crippen LogP contribution is 2.21. The first kappa shape index (κ1) is 19.2. The molecular weight excluding hydrogens is 300 g/mol. The summed E-state index contributed by atoms with van der Waals surface area (Å²) >= 11 is 0. The van der Waals surface area contributed by atoms with E-state index in [-0.39, 0.29) is 13.2 Å². The van der Waals surface area contributed by atoms with Crippen molar-refractivity contribution in [2.75, 3.05) is 33.0 Å². The number of nitrogens with one attached hydrogen (secondary N) is 2. The van der Waals surface area contributed by atoms with Crippen molar-refractivity contribution >= 4 is 5.97 Å². The average molecular weight is 324 g/mol. The number of aliphatic hydroxyl groups is 4. The Labute approximate surface area is 127 Å². The molecule has 0 saturated carbocycles. The van der Waals surface area contributed by atoms with Crippen LogP contribution in [0.3, 0.4) is 0 Å². The number of carboxylic acids is 1. The summed E-state index contributed by atoms with van der Waals surface area (Å²) in [7, 11) is 0. The van der Waals surface area contributed by atoms with Gasteiger partial charge in [-0.05, 0) is 0 Å².